The highest BCUT2D eigenvalue weighted by Crippen LogP contribution is 2.33. The maximum atomic E-state index is 12.8. The van der Waals surface area contributed by atoms with Crippen LogP contribution in [0.1, 0.15) is 11.1 Å². The van der Waals surface area contributed by atoms with Crippen molar-refractivity contribution >= 4 is 39.3 Å². The van der Waals surface area contributed by atoms with Gasteiger partial charge in [0.2, 0.25) is 21.8 Å². The number of rotatable bonds is 6. The molecule has 0 aromatic heterocycles. The molecule has 0 radical (unpaired) electrons. The van der Waals surface area contributed by atoms with Gasteiger partial charge in [-0.15, -0.1) is 11.8 Å². The molecule has 28 heavy (non-hydrogen) atoms. The molecule has 2 amide bonds. The van der Waals surface area contributed by atoms with Crippen molar-refractivity contribution in [3.8, 4) is 0 Å². The Labute approximate surface area is 168 Å². The summed E-state index contributed by atoms with van der Waals surface area (Å²) < 4.78 is 26.6. The lowest BCUT2D eigenvalue weighted by molar-refractivity contribution is -0.121. The second-order valence-corrected chi connectivity index (χ2v) is 9.58. The molecule has 0 saturated heterocycles. The maximum absolute atomic E-state index is 12.8. The molecule has 148 valence electrons. The standard InChI is InChI=1S/C19H21N3O4S2/c1-13-3-5-14(6-4-13)10-20-18(23)11-22(2)28(25,26)15-7-8-16-17(9-15)27-12-19(24)21-16/h3-9H,10-12H2,1-2H3,(H,20,23)(H,21,24). The van der Waals surface area contributed by atoms with E-state index < -0.39 is 10.0 Å². The number of carbonyl (C=O) groups is 2. The van der Waals surface area contributed by atoms with Crippen molar-refractivity contribution in [1.82, 2.24) is 9.62 Å². The Balaban J connectivity index is 1.64. The van der Waals surface area contributed by atoms with Gasteiger partial charge in [-0.1, -0.05) is 29.8 Å². The topological polar surface area (TPSA) is 95.6 Å². The number of nitrogens with one attached hydrogen (secondary N) is 2. The van der Waals surface area contributed by atoms with Crippen LogP contribution in [-0.2, 0) is 26.2 Å². The molecule has 2 aromatic rings. The van der Waals surface area contributed by atoms with E-state index in [-0.39, 0.29) is 29.0 Å². The highest BCUT2D eigenvalue weighted by Gasteiger charge is 2.25. The van der Waals surface area contributed by atoms with Crippen molar-refractivity contribution in [3.63, 3.8) is 0 Å². The Bertz CT molecular complexity index is 1000. The largest absolute Gasteiger partial charge is 0.351 e. The number of anilines is 1. The van der Waals surface area contributed by atoms with Gasteiger partial charge in [-0.2, -0.15) is 4.31 Å². The molecular formula is C19H21N3O4S2. The van der Waals surface area contributed by atoms with Crippen molar-refractivity contribution in [2.45, 2.75) is 23.3 Å². The average molecular weight is 420 g/mol. The number of benzene rings is 2. The van der Waals surface area contributed by atoms with Crippen LogP contribution in [0.25, 0.3) is 0 Å². The van der Waals surface area contributed by atoms with Gasteiger partial charge in [-0.05, 0) is 30.7 Å². The van der Waals surface area contributed by atoms with Crippen LogP contribution in [-0.4, -0.2) is 43.9 Å². The third-order valence-electron chi connectivity index (χ3n) is 4.27. The second kappa shape index (κ2) is 8.34. The van der Waals surface area contributed by atoms with Gasteiger partial charge in [0, 0.05) is 18.5 Å². The summed E-state index contributed by atoms with van der Waals surface area (Å²) >= 11 is 1.29. The van der Waals surface area contributed by atoms with Crippen LogP contribution in [0.15, 0.2) is 52.3 Å². The maximum Gasteiger partial charge on any atom is 0.243 e. The number of hydrogen-bond donors (Lipinski definition) is 2. The Kier molecular flexibility index (Phi) is 6.07. The number of nitrogens with zero attached hydrogens (tertiary/aromatic N) is 1. The molecule has 1 heterocycles. The SMILES string of the molecule is Cc1ccc(CNC(=O)CN(C)S(=O)(=O)c2ccc3c(c2)SCC(=O)N3)cc1. The summed E-state index contributed by atoms with van der Waals surface area (Å²) in [5.74, 6) is -0.255. The lowest BCUT2D eigenvalue weighted by Gasteiger charge is -2.20. The quantitative estimate of drug-likeness (QED) is 0.746. The summed E-state index contributed by atoms with van der Waals surface area (Å²) in [4.78, 5) is 24.4. The van der Waals surface area contributed by atoms with Gasteiger partial charge in [-0.3, -0.25) is 9.59 Å². The minimum Gasteiger partial charge on any atom is -0.351 e. The third-order valence-corrected chi connectivity index (χ3v) is 7.13. The summed E-state index contributed by atoms with van der Waals surface area (Å²) in [6.45, 7) is 2.03. The van der Waals surface area contributed by atoms with Gasteiger partial charge >= 0.3 is 0 Å². The first kappa shape index (κ1) is 20.4. The zero-order chi connectivity index (χ0) is 20.3. The Morgan fingerprint density at radius 1 is 1.21 bits per heavy atom. The Hall–Kier alpha value is -2.36. The molecule has 0 atom stereocenters. The second-order valence-electron chi connectivity index (χ2n) is 6.52. The lowest BCUT2D eigenvalue weighted by Crippen LogP contribution is -2.38. The molecule has 2 N–H and O–H groups in total. The molecule has 7 nitrogen and oxygen atoms in total. The van der Waals surface area contributed by atoms with Crippen molar-refractivity contribution < 1.29 is 18.0 Å². The summed E-state index contributed by atoms with van der Waals surface area (Å²) in [6.07, 6.45) is 0. The summed E-state index contributed by atoms with van der Waals surface area (Å²) in [7, 11) is -2.45. The number of likely N-dealkylation sites (N-methyl/N-ethyl adjacent to an activating group) is 1. The molecule has 2 aromatic carbocycles. The van der Waals surface area contributed by atoms with Crippen LogP contribution in [0.5, 0.6) is 0 Å². The molecular weight excluding hydrogens is 398 g/mol. The number of fused-ring (bicyclic) bond motifs is 1. The summed E-state index contributed by atoms with van der Waals surface area (Å²) in [5.41, 5.74) is 2.67. The van der Waals surface area contributed by atoms with Crippen LogP contribution < -0.4 is 10.6 Å². The number of hydrogen-bond acceptors (Lipinski definition) is 5. The third kappa shape index (κ3) is 4.73. The van der Waals surface area contributed by atoms with E-state index in [1.54, 1.807) is 6.07 Å². The zero-order valence-corrected chi connectivity index (χ0v) is 17.2. The van der Waals surface area contributed by atoms with E-state index in [4.69, 9.17) is 0 Å². The molecule has 1 aliphatic heterocycles. The van der Waals surface area contributed by atoms with Crippen LogP contribution in [0, 0.1) is 6.92 Å². The molecule has 0 unspecified atom stereocenters. The van der Waals surface area contributed by atoms with Gasteiger partial charge in [0.25, 0.3) is 0 Å². The fraction of sp³-hybridized carbons (Fsp3) is 0.263. The molecule has 0 spiro atoms. The first-order valence-corrected chi connectivity index (χ1v) is 11.0. The monoisotopic (exact) mass is 419 g/mol. The minimum absolute atomic E-state index is 0.0868. The molecule has 9 heteroatoms. The van der Waals surface area contributed by atoms with Crippen molar-refractivity contribution in [1.29, 1.82) is 0 Å². The fourth-order valence-electron chi connectivity index (χ4n) is 2.65. The van der Waals surface area contributed by atoms with Gasteiger partial charge in [0.1, 0.15) is 0 Å². The van der Waals surface area contributed by atoms with E-state index in [1.807, 2.05) is 31.2 Å². The number of amides is 2. The van der Waals surface area contributed by atoms with Gasteiger partial charge in [0.05, 0.1) is 22.9 Å². The molecule has 0 aliphatic carbocycles. The van der Waals surface area contributed by atoms with E-state index >= 15 is 0 Å². The highest BCUT2D eigenvalue weighted by atomic mass is 32.2. The van der Waals surface area contributed by atoms with Crippen LogP contribution in [0.3, 0.4) is 0 Å². The van der Waals surface area contributed by atoms with Gasteiger partial charge < -0.3 is 10.6 Å². The van der Waals surface area contributed by atoms with Crippen LogP contribution >= 0.6 is 11.8 Å². The van der Waals surface area contributed by atoms with Crippen molar-refractivity contribution in [3.05, 3.63) is 53.6 Å². The first-order valence-electron chi connectivity index (χ1n) is 8.61. The van der Waals surface area contributed by atoms with E-state index in [0.29, 0.717) is 17.1 Å². The summed E-state index contributed by atoms with van der Waals surface area (Å²) in [6, 6.07) is 12.3. The minimum atomic E-state index is -3.82. The predicted octanol–water partition coefficient (Wildman–Crippen LogP) is 1.98. The molecule has 0 saturated carbocycles. The van der Waals surface area contributed by atoms with Gasteiger partial charge in [-0.25, -0.2) is 8.42 Å². The molecule has 1 aliphatic rings. The van der Waals surface area contributed by atoms with Crippen molar-refractivity contribution in [2.75, 3.05) is 24.7 Å². The number of carbonyl (C=O) groups excluding carboxylic acids is 2. The van der Waals surface area contributed by atoms with E-state index in [2.05, 4.69) is 10.6 Å². The fourth-order valence-corrected chi connectivity index (χ4v) is 4.72. The smallest absolute Gasteiger partial charge is 0.243 e. The highest BCUT2D eigenvalue weighted by molar-refractivity contribution is 8.00. The normalized spacial score (nSPS) is 13.8. The number of sulfonamides is 1. The molecule has 0 fully saturated rings. The molecule has 3 rings (SSSR count). The number of thioether (sulfide) groups is 1. The first-order chi connectivity index (χ1) is 13.3. The van der Waals surface area contributed by atoms with E-state index in [9.17, 15) is 18.0 Å². The van der Waals surface area contributed by atoms with E-state index in [0.717, 1.165) is 15.4 Å². The predicted molar refractivity (Wildman–Crippen MR) is 109 cm³/mol. The Morgan fingerprint density at radius 2 is 1.93 bits per heavy atom. The van der Waals surface area contributed by atoms with Crippen LogP contribution in [0.4, 0.5) is 5.69 Å². The zero-order valence-electron chi connectivity index (χ0n) is 15.6. The molecule has 0 bridgehead atoms. The van der Waals surface area contributed by atoms with Crippen molar-refractivity contribution in [2.24, 2.45) is 0 Å². The Morgan fingerprint density at radius 3 is 2.64 bits per heavy atom. The van der Waals surface area contributed by atoms with E-state index in [1.165, 1.54) is 30.9 Å². The van der Waals surface area contributed by atoms with Gasteiger partial charge in [0.15, 0.2) is 0 Å². The average Bonchev–Trinajstić information content (AvgIpc) is 2.67. The summed E-state index contributed by atoms with van der Waals surface area (Å²) in [5, 5.41) is 5.43. The van der Waals surface area contributed by atoms with Crippen LogP contribution in [0.2, 0.25) is 0 Å². The lowest BCUT2D eigenvalue weighted by atomic mass is 10.1. The number of aryl methyl sites for hydroxylation is 1.